The summed E-state index contributed by atoms with van der Waals surface area (Å²) in [5.41, 5.74) is 5.36. The van der Waals surface area contributed by atoms with Crippen molar-refractivity contribution >= 4 is 16.7 Å². The maximum absolute atomic E-state index is 10.5. The number of benzene rings is 4. The van der Waals surface area contributed by atoms with E-state index in [9.17, 15) is 4.79 Å². The van der Waals surface area contributed by atoms with Crippen molar-refractivity contribution in [3.05, 3.63) is 107 Å². The van der Waals surface area contributed by atoms with E-state index in [1.807, 2.05) is 31.2 Å². The SMILES string of the molecule is CC(=O)Oc1cccc(C)c1.CC(C)Cc1ccc(C(C)C)cc1.COc1ccc2cc(C(C)C)ccc2c1. The second-order valence-electron chi connectivity index (χ2n) is 11.0. The molecule has 0 unspecified atom stereocenters. The molecule has 0 heterocycles. The van der Waals surface area contributed by atoms with E-state index < -0.39 is 0 Å². The molecular formula is C36H46O3. The van der Waals surface area contributed by atoms with Gasteiger partial charge in [-0.15, -0.1) is 0 Å². The van der Waals surface area contributed by atoms with E-state index in [2.05, 4.69) is 96.1 Å². The fourth-order valence-electron chi connectivity index (χ4n) is 4.08. The molecule has 4 rings (SSSR count). The number of hydrogen-bond acceptors (Lipinski definition) is 3. The molecule has 0 amide bonds. The number of carbonyl (C=O) groups excluding carboxylic acids is 1. The van der Waals surface area contributed by atoms with E-state index in [-0.39, 0.29) is 5.97 Å². The highest BCUT2D eigenvalue weighted by atomic mass is 16.5. The van der Waals surface area contributed by atoms with Crippen LogP contribution < -0.4 is 9.47 Å². The quantitative estimate of drug-likeness (QED) is 0.185. The van der Waals surface area contributed by atoms with Crippen LogP contribution in [-0.2, 0) is 11.2 Å². The fourth-order valence-corrected chi connectivity index (χ4v) is 4.08. The van der Waals surface area contributed by atoms with Crippen molar-refractivity contribution in [3.8, 4) is 11.5 Å². The summed E-state index contributed by atoms with van der Waals surface area (Å²) in [7, 11) is 1.70. The van der Waals surface area contributed by atoms with Gasteiger partial charge in [0.2, 0.25) is 0 Å². The number of esters is 1. The lowest BCUT2D eigenvalue weighted by molar-refractivity contribution is -0.131. The molecule has 0 aliphatic heterocycles. The molecule has 4 aromatic carbocycles. The average Bonchev–Trinajstić information content (AvgIpc) is 2.88. The Kier molecular flexibility index (Phi) is 12.8. The van der Waals surface area contributed by atoms with E-state index in [1.54, 1.807) is 13.2 Å². The van der Waals surface area contributed by atoms with Crippen LogP contribution in [0.3, 0.4) is 0 Å². The minimum absolute atomic E-state index is 0.282. The molecule has 208 valence electrons. The van der Waals surface area contributed by atoms with Gasteiger partial charge in [-0.1, -0.05) is 102 Å². The Hall–Kier alpha value is -3.59. The highest BCUT2D eigenvalue weighted by Gasteiger charge is 2.02. The minimum Gasteiger partial charge on any atom is -0.497 e. The number of rotatable bonds is 6. The second-order valence-corrected chi connectivity index (χ2v) is 11.0. The molecule has 3 nitrogen and oxygen atoms in total. The van der Waals surface area contributed by atoms with E-state index in [0.29, 0.717) is 17.6 Å². The fraction of sp³-hybridized carbons (Fsp3) is 0.361. The molecule has 4 aromatic rings. The summed E-state index contributed by atoms with van der Waals surface area (Å²) in [5.74, 6) is 3.22. The molecule has 0 fully saturated rings. The van der Waals surface area contributed by atoms with E-state index in [1.165, 1.54) is 40.8 Å². The van der Waals surface area contributed by atoms with Crippen molar-refractivity contribution in [2.45, 2.75) is 73.6 Å². The topological polar surface area (TPSA) is 35.5 Å². The van der Waals surface area contributed by atoms with Crippen LogP contribution in [0.25, 0.3) is 10.8 Å². The van der Waals surface area contributed by atoms with Crippen LogP contribution in [0.15, 0.2) is 84.9 Å². The second kappa shape index (κ2) is 15.7. The highest BCUT2D eigenvalue weighted by Crippen LogP contribution is 2.24. The Morgan fingerprint density at radius 3 is 1.82 bits per heavy atom. The van der Waals surface area contributed by atoms with E-state index >= 15 is 0 Å². The van der Waals surface area contributed by atoms with Crippen LogP contribution in [0, 0.1) is 12.8 Å². The first-order chi connectivity index (χ1) is 18.5. The summed E-state index contributed by atoms with van der Waals surface area (Å²) < 4.78 is 10.1. The third kappa shape index (κ3) is 11.4. The lowest BCUT2D eigenvalue weighted by Gasteiger charge is -2.08. The Morgan fingerprint density at radius 1 is 0.692 bits per heavy atom. The van der Waals surface area contributed by atoms with Gasteiger partial charge in [0.1, 0.15) is 11.5 Å². The van der Waals surface area contributed by atoms with Gasteiger partial charge in [0, 0.05) is 6.92 Å². The zero-order chi connectivity index (χ0) is 28.9. The summed E-state index contributed by atoms with van der Waals surface area (Å²) in [4.78, 5) is 10.5. The van der Waals surface area contributed by atoms with Gasteiger partial charge in [-0.05, 0) is 88.4 Å². The molecule has 0 N–H and O–H groups in total. The molecular weight excluding hydrogens is 480 g/mol. The van der Waals surface area contributed by atoms with Crippen molar-refractivity contribution in [2.24, 2.45) is 5.92 Å². The van der Waals surface area contributed by atoms with Gasteiger partial charge < -0.3 is 9.47 Å². The monoisotopic (exact) mass is 526 g/mol. The maximum atomic E-state index is 10.5. The Morgan fingerprint density at radius 2 is 1.28 bits per heavy atom. The largest absolute Gasteiger partial charge is 0.497 e. The van der Waals surface area contributed by atoms with Crippen molar-refractivity contribution in [2.75, 3.05) is 7.11 Å². The van der Waals surface area contributed by atoms with Crippen LogP contribution in [0.5, 0.6) is 11.5 Å². The van der Waals surface area contributed by atoms with E-state index in [0.717, 1.165) is 17.2 Å². The van der Waals surface area contributed by atoms with Crippen LogP contribution >= 0.6 is 0 Å². The Balaban J connectivity index is 0.000000208. The summed E-state index contributed by atoms with van der Waals surface area (Å²) >= 11 is 0. The molecule has 0 spiro atoms. The average molecular weight is 527 g/mol. The standard InChI is InChI=1S/C14H16O.C13H20.C9H10O2/c1-10(2)11-4-5-13-9-14(15-3)7-6-12(13)8-11;1-10(2)9-12-5-7-13(8-6-12)11(3)4;1-7-4-3-5-9(6-7)11-8(2)10/h4-10H,1-3H3;5-8,10-11H,9H2,1-4H3;3-6H,1-2H3. The first kappa shape index (κ1) is 31.6. The summed E-state index contributed by atoms with van der Waals surface area (Å²) in [6, 6.07) is 29.2. The van der Waals surface area contributed by atoms with Gasteiger partial charge in [-0.2, -0.15) is 0 Å². The summed E-state index contributed by atoms with van der Waals surface area (Å²) in [5, 5.41) is 2.51. The number of fused-ring (bicyclic) bond motifs is 1. The molecule has 0 saturated heterocycles. The molecule has 39 heavy (non-hydrogen) atoms. The third-order valence-electron chi connectivity index (χ3n) is 6.28. The predicted octanol–water partition coefficient (Wildman–Crippen LogP) is 9.90. The smallest absolute Gasteiger partial charge is 0.308 e. The number of ether oxygens (including phenoxy) is 2. The Labute approximate surface area is 236 Å². The number of methoxy groups -OCH3 is 1. The lowest BCUT2D eigenvalue weighted by atomic mass is 9.98. The highest BCUT2D eigenvalue weighted by molar-refractivity contribution is 5.84. The molecule has 0 saturated carbocycles. The summed E-state index contributed by atoms with van der Waals surface area (Å²) in [6.07, 6.45) is 1.19. The number of aryl methyl sites for hydroxylation is 1. The van der Waals surface area contributed by atoms with Crippen LogP contribution in [0.4, 0.5) is 0 Å². The van der Waals surface area contributed by atoms with Crippen LogP contribution in [0.1, 0.15) is 82.6 Å². The first-order valence-electron chi connectivity index (χ1n) is 13.9. The van der Waals surface area contributed by atoms with Crippen molar-refractivity contribution in [1.82, 2.24) is 0 Å². The van der Waals surface area contributed by atoms with Crippen LogP contribution in [0.2, 0.25) is 0 Å². The molecule has 0 bridgehead atoms. The van der Waals surface area contributed by atoms with Gasteiger partial charge in [-0.25, -0.2) is 0 Å². The van der Waals surface area contributed by atoms with Gasteiger partial charge >= 0.3 is 5.97 Å². The zero-order valence-corrected chi connectivity index (χ0v) is 25.2. The molecule has 3 heteroatoms. The van der Waals surface area contributed by atoms with Crippen molar-refractivity contribution in [3.63, 3.8) is 0 Å². The van der Waals surface area contributed by atoms with Gasteiger partial charge in [-0.3, -0.25) is 4.79 Å². The van der Waals surface area contributed by atoms with Crippen LogP contribution in [-0.4, -0.2) is 13.1 Å². The Bertz CT molecular complexity index is 1300. The van der Waals surface area contributed by atoms with Gasteiger partial charge in [0.25, 0.3) is 0 Å². The predicted molar refractivity (Wildman–Crippen MR) is 166 cm³/mol. The zero-order valence-electron chi connectivity index (χ0n) is 25.2. The molecule has 0 atom stereocenters. The number of hydrogen-bond donors (Lipinski definition) is 0. The normalized spacial score (nSPS) is 10.6. The van der Waals surface area contributed by atoms with Crippen molar-refractivity contribution < 1.29 is 14.3 Å². The lowest BCUT2D eigenvalue weighted by Crippen LogP contribution is -2.00. The molecule has 0 aromatic heterocycles. The van der Waals surface area contributed by atoms with Gasteiger partial charge in [0.15, 0.2) is 0 Å². The first-order valence-corrected chi connectivity index (χ1v) is 13.9. The number of carbonyl (C=O) groups is 1. The summed E-state index contributed by atoms with van der Waals surface area (Å²) in [6.45, 7) is 16.8. The minimum atomic E-state index is -0.282. The van der Waals surface area contributed by atoms with Crippen molar-refractivity contribution in [1.29, 1.82) is 0 Å². The third-order valence-corrected chi connectivity index (χ3v) is 6.28. The van der Waals surface area contributed by atoms with Gasteiger partial charge in [0.05, 0.1) is 7.11 Å². The molecule has 0 aliphatic carbocycles. The molecule has 0 aliphatic rings. The molecule has 0 radical (unpaired) electrons. The maximum Gasteiger partial charge on any atom is 0.308 e. The van der Waals surface area contributed by atoms with E-state index in [4.69, 9.17) is 9.47 Å².